The third-order valence-electron chi connectivity index (χ3n) is 5.30. The van der Waals surface area contributed by atoms with Crippen molar-refractivity contribution in [3.05, 3.63) is 98.2 Å². The molecule has 8 nitrogen and oxygen atoms in total. The maximum absolute atomic E-state index is 12.6. The monoisotopic (exact) mass is 418 g/mol. The van der Waals surface area contributed by atoms with E-state index in [2.05, 4.69) is 10.1 Å². The van der Waals surface area contributed by atoms with E-state index in [-0.39, 0.29) is 36.6 Å². The Hall–Kier alpha value is -3.94. The average molecular weight is 418 g/mol. The number of rotatable bonds is 5. The normalized spacial score (nSPS) is 15.7. The van der Waals surface area contributed by atoms with E-state index in [1.807, 2.05) is 60.7 Å². The van der Waals surface area contributed by atoms with Gasteiger partial charge in [-0.25, -0.2) is 9.80 Å². The summed E-state index contributed by atoms with van der Waals surface area (Å²) in [4.78, 5) is 39.8. The SMILES string of the molecule is CCC(=O)N1N=C(c2c(O)n(Cc3ccccc3)c(=O)[nH]c2=O)C[C@@H]1c1ccccc1. The van der Waals surface area contributed by atoms with Gasteiger partial charge >= 0.3 is 5.69 Å². The highest BCUT2D eigenvalue weighted by Crippen LogP contribution is 2.33. The lowest BCUT2D eigenvalue weighted by Crippen LogP contribution is -2.34. The van der Waals surface area contributed by atoms with Crippen LogP contribution in [-0.2, 0) is 11.3 Å². The van der Waals surface area contributed by atoms with Gasteiger partial charge in [0.15, 0.2) is 0 Å². The molecule has 2 aromatic carbocycles. The van der Waals surface area contributed by atoms with Crippen LogP contribution in [0.15, 0.2) is 75.4 Å². The molecule has 0 spiro atoms. The fourth-order valence-electron chi connectivity index (χ4n) is 3.72. The summed E-state index contributed by atoms with van der Waals surface area (Å²) in [6.45, 7) is 1.82. The molecule has 0 aliphatic carbocycles. The summed E-state index contributed by atoms with van der Waals surface area (Å²) in [6.07, 6.45) is 0.492. The van der Waals surface area contributed by atoms with Crippen LogP contribution in [0.5, 0.6) is 5.88 Å². The van der Waals surface area contributed by atoms with E-state index in [0.717, 1.165) is 15.7 Å². The molecule has 0 bridgehead atoms. The largest absolute Gasteiger partial charge is 0.494 e. The van der Waals surface area contributed by atoms with E-state index < -0.39 is 23.2 Å². The Balaban J connectivity index is 1.78. The summed E-state index contributed by atoms with van der Waals surface area (Å²) < 4.78 is 1.09. The van der Waals surface area contributed by atoms with Gasteiger partial charge in [0.1, 0.15) is 5.56 Å². The molecule has 0 saturated heterocycles. The molecule has 1 atom stereocenters. The molecular weight excluding hydrogens is 396 g/mol. The minimum atomic E-state index is -0.733. The van der Waals surface area contributed by atoms with Gasteiger partial charge in [-0.2, -0.15) is 5.10 Å². The number of benzene rings is 2. The predicted molar refractivity (Wildman–Crippen MR) is 116 cm³/mol. The Morgan fingerprint density at radius 2 is 1.74 bits per heavy atom. The predicted octanol–water partition coefficient (Wildman–Crippen LogP) is 2.38. The molecule has 0 radical (unpaired) electrons. The van der Waals surface area contributed by atoms with Crippen LogP contribution in [0.25, 0.3) is 0 Å². The van der Waals surface area contributed by atoms with Crippen molar-refractivity contribution in [3.8, 4) is 5.88 Å². The number of aromatic amines is 1. The highest BCUT2D eigenvalue weighted by molar-refractivity contribution is 6.04. The number of hydrogen-bond acceptors (Lipinski definition) is 5. The third-order valence-corrected chi connectivity index (χ3v) is 5.30. The molecule has 158 valence electrons. The minimum Gasteiger partial charge on any atom is -0.494 e. The van der Waals surface area contributed by atoms with E-state index in [1.54, 1.807) is 6.92 Å². The zero-order valence-corrected chi connectivity index (χ0v) is 17.0. The highest BCUT2D eigenvalue weighted by Gasteiger charge is 2.35. The van der Waals surface area contributed by atoms with Gasteiger partial charge in [0.2, 0.25) is 11.8 Å². The lowest BCUT2D eigenvalue weighted by molar-refractivity contribution is -0.132. The quantitative estimate of drug-likeness (QED) is 0.663. The van der Waals surface area contributed by atoms with Crippen molar-refractivity contribution < 1.29 is 9.90 Å². The number of aromatic nitrogens is 2. The second-order valence-corrected chi connectivity index (χ2v) is 7.30. The zero-order chi connectivity index (χ0) is 22.0. The Bertz CT molecular complexity index is 1250. The molecule has 1 aliphatic heterocycles. The second-order valence-electron chi connectivity index (χ2n) is 7.30. The lowest BCUT2D eigenvalue weighted by Gasteiger charge is -2.21. The van der Waals surface area contributed by atoms with Crippen LogP contribution in [0.4, 0.5) is 0 Å². The van der Waals surface area contributed by atoms with Crippen LogP contribution in [0, 0.1) is 0 Å². The standard InChI is InChI=1S/C23H22N4O4/c1-2-19(28)27-18(16-11-7-4-8-12-16)13-17(25-27)20-21(29)24-23(31)26(22(20)30)14-15-9-5-3-6-10-15/h3-12,18,30H,2,13-14H2,1H3,(H,24,29,31)/t18-/m1/s1. The maximum Gasteiger partial charge on any atom is 0.331 e. The molecule has 1 amide bonds. The summed E-state index contributed by atoms with van der Waals surface area (Å²) in [5, 5.41) is 16.6. The molecule has 0 saturated carbocycles. The van der Waals surface area contributed by atoms with Gasteiger partial charge < -0.3 is 5.11 Å². The number of nitrogens with one attached hydrogen (secondary N) is 1. The van der Waals surface area contributed by atoms with Gasteiger partial charge in [0.25, 0.3) is 5.56 Å². The number of carbonyl (C=O) groups is 1. The highest BCUT2D eigenvalue weighted by atomic mass is 16.3. The molecule has 0 fully saturated rings. The number of carbonyl (C=O) groups excluding carboxylic acids is 1. The molecule has 1 aromatic heterocycles. The van der Waals surface area contributed by atoms with Crippen molar-refractivity contribution >= 4 is 11.6 Å². The Labute approximate surface area is 178 Å². The van der Waals surface area contributed by atoms with Gasteiger partial charge in [-0.05, 0) is 11.1 Å². The summed E-state index contributed by atoms with van der Waals surface area (Å²) in [5.74, 6) is -0.661. The van der Waals surface area contributed by atoms with E-state index >= 15 is 0 Å². The molecule has 8 heteroatoms. The van der Waals surface area contributed by atoms with E-state index in [9.17, 15) is 19.5 Å². The van der Waals surface area contributed by atoms with E-state index in [1.165, 1.54) is 5.01 Å². The molecular formula is C23H22N4O4. The second kappa shape index (κ2) is 8.43. The molecule has 2 heterocycles. The summed E-state index contributed by atoms with van der Waals surface area (Å²) >= 11 is 0. The summed E-state index contributed by atoms with van der Waals surface area (Å²) in [5.41, 5.74) is 0.379. The molecule has 0 unspecified atom stereocenters. The fraction of sp³-hybridized carbons (Fsp3) is 0.217. The van der Waals surface area contributed by atoms with Crippen LogP contribution in [0.2, 0.25) is 0 Å². The molecule has 3 aromatic rings. The first-order chi connectivity index (χ1) is 15.0. The smallest absolute Gasteiger partial charge is 0.331 e. The van der Waals surface area contributed by atoms with Gasteiger partial charge in [-0.15, -0.1) is 0 Å². The topological polar surface area (TPSA) is 108 Å². The Morgan fingerprint density at radius 1 is 1.10 bits per heavy atom. The van der Waals surface area contributed by atoms with Crippen LogP contribution < -0.4 is 11.2 Å². The molecule has 31 heavy (non-hydrogen) atoms. The Morgan fingerprint density at radius 3 is 2.39 bits per heavy atom. The van der Waals surface area contributed by atoms with Crippen LogP contribution in [-0.4, -0.2) is 31.3 Å². The number of nitrogens with zero attached hydrogens (tertiary/aromatic N) is 3. The maximum atomic E-state index is 12.6. The van der Waals surface area contributed by atoms with Crippen LogP contribution >= 0.6 is 0 Å². The minimum absolute atomic E-state index is 0.0856. The third kappa shape index (κ3) is 3.92. The first-order valence-electron chi connectivity index (χ1n) is 10.0. The van der Waals surface area contributed by atoms with E-state index in [4.69, 9.17) is 0 Å². The van der Waals surface area contributed by atoms with Gasteiger partial charge in [0, 0.05) is 12.8 Å². The zero-order valence-electron chi connectivity index (χ0n) is 17.0. The Kier molecular flexibility index (Phi) is 5.53. The van der Waals surface area contributed by atoms with Crippen molar-refractivity contribution in [1.82, 2.24) is 14.6 Å². The molecule has 2 N–H and O–H groups in total. The fourth-order valence-corrected chi connectivity index (χ4v) is 3.72. The van der Waals surface area contributed by atoms with Crippen molar-refractivity contribution in [2.45, 2.75) is 32.4 Å². The average Bonchev–Trinajstić information content (AvgIpc) is 3.22. The van der Waals surface area contributed by atoms with Gasteiger partial charge in [-0.1, -0.05) is 67.6 Å². The number of hydrogen-bond donors (Lipinski definition) is 2. The molecule has 4 rings (SSSR count). The van der Waals surface area contributed by atoms with E-state index in [0.29, 0.717) is 0 Å². The molecule has 1 aliphatic rings. The lowest BCUT2D eigenvalue weighted by atomic mass is 9.99. The number of aromatic hydroxyl groups is 1. The van der Waals surface area contributed by atoms with Gasteiger partial charge in [0.05, 0.1) is 18.3 Å². The number of hydrazone groups is 1. The van der Waals surface area contributed by atoms with Crippen molar-refractivity contribution in [1.29, 1.82) is 0 Å². The number of amides is 1. The summed E-state index contributed by atoms with van der Waals surface area (Å²) in [7, 11) is 0. The van der Waals surface area contributed by atoms with Crippen molar-refractivity contribution in [2.75, 3.05) is 0 Å². The van der Waals surface area contributed by atoms with Gasteiger partial charge in [-0.3, -0.25) is 19.1 Å². The van der Waals surface area contributed by atoms with Crippen molar-refractivity contribution in [3.63, 3.8) is 0 Å². The van der Waals surface area contributed by atoms with Crippen LogP contribution in [0.3, 0.4) is 0 Å². The van der Waals surface area contributed by atoms with Crippen molar-refractivity contribution in [2.24, 2.45) is 5.10 Å². The van der Waals surface area contributed by atoms with Crippen LogP contribution in [0.1, 0.15) is 42.5 Å². The first kappa shape index (κ1) is 20.3. The summed E-state index contributed by atoms with van der Waals surface area (Å²) in [6, 6.07) is 18.1. The number of H-pyrrole nitrogens is 1. The first-order valence-corrected chi connectivity index (χ1v) is 10.0.